The number of nitrogens with one attached hydrogen (secondary N) is 1. The highest BCUT2D eigenvalue weighted by molar-refractivity contribution is 5.91. The average Bonchev–Trinajstić information content (AvgIpc) is 3.27. The second-order valence-corrected chi connectivity index (χ2v) is 10.9. The zero-order valence-electron chi connectivity index (χ0n) is 20.3. The number of nitrogens with zero attached hydrogens (tertiary/aromatic N) is 1. The average molecular weight is 438 g/mol. The fourth-order valence-corrected chi connectivity index (χ4v) is 6.32. The van der Waals surface area contributed by atoms with E-state index in [1.807, 2.05) is 6.92 Å². The zero-order chi connectivity index (χ0) is 23.1. The molecule has 5 heteroatoms. The largest absolute Gasteiger partial charge is 0.446 e. The van der Waals surface area contributed by atoms with Crippen LogP contribution < -0.4 is 11.1 Å². The van der Waals surface area contributed by atoms with Gasteiger partial charge in [0.1, 0.15) is 6.26 Å². The molecular formula is C27H39N3O2. The maximum absolute atomic E-state index is 12.8. The first kappa shape index (κ1) is 23.0. The van der Waals surface area contributed by atoms with Crippen LogP contribution >= 0.6 is 0 Å². The molecule has 0 saturated heterocycles. The van der Waals surface area contributed by atoms with Crippen LogP contribution in [0, 0.1) is 11.3 Å². The number of benzene rings is 1. The van der Waals surface area contributed by atoms with Gasteiger partial charge >= 0.3 is 0 Å². The normalized spacial score (nSPS) is 28.2. The summed E-state index contributed by atoms with van der Waals surface area (Å²) < 4.78 is 5.43. The van der Waals surface area contributed by atoms with E-state index < -0.39 is 0 Å². The molecule has 2 aliphatic rings. The molecule has 1 amide bonds. The lowest BCUT2D eigenvalue weighted by atomic mass is 9.49. The molecule has 1 heterocycles. The Labute approximate surface area is 192 Å². The van der Waals surface area contributed by atoms with Crippen LogP contribution in [-0.4, -0.2) is 17.4 Å². The summed E-state index contributed by atoms with van der Waals surface area (Å²) in [7, 11) is 0. The summed E-state index contributed by atoms with van der Waals surface area (Å²) in [5.74, 6) is 1.36. The van der Waals surface area contributed by atoms with Crippen LogP contribution in [0.1, 0.15) is 112 Å². The lowest BCUT2D eigenvalue weighted by Crippen LogP contribution is -2.53. The van der Waals surface area contributed by atoms with Gasteiger partial charge in [0.2, 0.25) is 5.89 Å². The van der Waals surface area contributed by atoms with Gasteiger partial charge in [-0.25, -0.2) is 4.98 Å². The predicted molar refractivity (Wildman–Crippen MR) is 128 cm³/mol. The molecule has 1 saturated carbocycles. The molecule has 1 aromatic carbocycles. The van der Waals surface area contributed by atoms with Crippen molar-refractivity contribution in [2.45, 2.75) is 90.5 Å². The van der Waals surface area contributed by atoms with Crippen LogP contribution in [-0.2, 0) is 11.8 Å². The van der Waals surface area contributed by atoms with E-state index >= 15 is 0 Å². The van der Waals surface area contributed by atoms with Gasteiger partial charge in [-0.2, -0.15) is 0 Å². The van der Waals surface area contributed by atoms with Crippen molar-refractivity contribution in [2.75, 3.05) is 6.54 Å². The summed E-state index contributed by atoms with van der Waals surface area (Å²) in [5, 5.41) is 3.18. The molecule has 174 valence electrons. The standard InChI is InChI=1S/C27H39N3O2/c1-6-21(28)25-30-22(15-32-25)24(31)29-16-26(4)12-7-13-27(5)20-10-8-18(17(2)3)14-19(20)9-11-23(26)27/h8,10,14-15,17,21,23H,6-7,9,11-13,16,28H2,1-5H3,(H,29,31). The Morgan fingerprint density at radius 1 is 1.31 bits per heavy atom. The number of nitrogens with two attached hydrogens (primary N) is 1. The number of aryl methyl sites for hydroxylation is 1. The van der Waals surface area contributed by atoms with E-state index in [0.29, 0.717) is 30.0 Å². The lowest BCUT2D eigenvalue weighted by Gasteiger charge is -2.55. The van der Waals surface area contributed by atoms with E-state index in [0.717, 1.165) is 19.3 Å². The number of rotatable bonds is 6. The fraction of sp³-hybridized carbons (Fsp3) is 0.630. The van der Waals surface area contributed by atoms with Crippen LogP contribution in [0.2, 0.25) is 0 Å². The zero-order valence-corrected chi connectivity index (χ0v) is 20.3. The smallest absolute Gasteiger partial charge is 0.273 e. The topological polar surface area (TPSA) is 81.1 Å². The number of fused-ring (bicyclic) bond motifs is 3. The summed E-state index contributed by atoms with van der Waals surface area (Å²) in [5.41, 5.74) is 11.0. The molecule has 4 rings (SSSR count). The van der Waals surface area contributed by atoms with E-state index in [2.05, 4.69) is 56.2 Å². The van der Waals surface area contributed by atoms with Gasteiger partial charge in [-0.05, 0) is 71.5 Å². The van der Waals surface area contributed by atoms with Crippen molar-refractivity contribution in [3.8, 4) is 0 Å². The molecule has 0 spiro atoms. The number of carbonyl (C=O) groups is 1. The van der Waals surface area contributed by atoms with Gasteiger partial charge in [0.05, 0.1) is 6.04 Å². The minimum absolute atomic E-state index is 0.0590. The second kappa shape index (κ2) is 8.66. The molecule has 32 heavy (non-hydrogen) atoms. The van der Waals surface area contributed by atoms with Crippen LogP contribution in [0.25, 0.3) is 0 Å². The fourth-order valence-electron chi connectivity index (χ4n) is 6.32. The third kappa shape index (κ3) is 4.00. The highest BCUT2D eigenvalue weighted by Crippen LogP contribution is 2.57. The molecular weight excluding hydrogens is 398 g/mol. The quantitative estimate of drug-likeness (QED) is 0.612. The number of amides is 1. The van der Waals surface area contributed by atoms with Crippen molar-refractivity contribution in [1.82, 2.24) is 10.3 Å². The Morgan fingerprint density at radius 2 is 2.09 bits per heavy atom. The van der Waals surface area contributed by atoms with E-state index in [1.54, 1.807) is 0 Å². The maximum atomic E-state index is 12.8. The summed E-state index contributed by atoms with van der Waals surface area (Å²) >= 11 is 0. The monoisotopic (exact) mass is 437 g/mol. The number of oxazole rings is 1. The van der Waals surface area contributed by atoms with E-state index in [9.17, 15) is 4.79 Å². The molecule has 2 aromatic rings. The Kier molecular flexibility index (Phi) is 6.23. The maximum Gasteiger partial charge on any atom is 0.273 e. The first-order valence-electron chi connectivity index (χ1n) is 12.3. The highest BCUT2D eigenvalue weighted by Gasteiger charge is 2.51. The third-order valence-electron chi connectivity index (χ3n) is 8.33. The van der Waals surface area contributed by atoms with Crippen LogP contribution in [0.15, 0.2) is 28.9 Å². The van der Waals surface area contributed by atoms with Crippen molar-refractivity contribution in [1.29, 1.82) is 0 Å². The highest BCUT2D eigenvalue weighted by atomic mass is 16.3. The van der Waals surface area contributed by atoms with Gasteiger partial charge in [0.25, 0.3) is 5.91 Å². The molecule has 0 radical (unpaired) electrons. The summed E-state index contributed by atoms with van der Waals surface area (Å²) in [6.07, 6.45) is 7.99. The first-order valence-corrected chi connectivity index (χ1v) is 12.3. The first-order chi connectivity index (χ1) is 15.2. The van der Waals surface area contributed by atoms with Gasteiger partial charge in [0.15, 0.2) is 5.69 Å². The second-order valence-electron chi connectivity index (χ2n) is 10.9. The predicted octanol–water partition coefficient (Wildman–Crippen LogP) is 5.65. The van der Waals surface area contributed by atoms with Crippen LogP contribution in [0.5, 0.6) is 0 Å². The molecule has 2 aliphatic carbocycles. The van der Waals surface area contributed by atoms with E-state index in [1.165, 1.54) is 42.2 Å². The number of carbonyl (C=O) groups excluding carboxylic acids is 1. The summed E-state index contributed by atoms with van der Waals surface area (Å²) in [6.45, 7) is 12.0. The molecule has 4 atom stereocenters. The van der Waals surface area contributed by atoms with Crippen LogP contribution in [0.4, 0.5) is 0 Å². The minimum Gasteiger partial charge on any atom is -0.446 e. The number of aromatic nitrogens is 1. The van der Waals surface area contributed by atoms with Gasteiger partial charge in [-0.15, -0.1) is 0 Å². The minimum atomic E-state index is -0.272. The number of hydrogen-bond donors (Lipinski definition) is 2. The molecule has 5 nitrogen and oxygen atoms in total. The molecule has 1 aromatic heterocycles. The van der Waals surface area contributed by atoms with Crippen molar-refractivity contribution in [2.24, 2.45) is 17.1 Å². The van der Waals surface area contributed by atoms with E-state index in [4.69, 9.17) is 10.2 Å². The summed E-state index contributed by atoms with van der Waals surface area (Å²) in [6, 6.07) is 6.90. The molecule has 3 N–H and O–H groups in total. The van der Waals surface area contributed by atoms with E-state index in [-0.39, 0.29) is 22.8 Å². The summed E-state index contributed by atoms with van der Waals surface area (Å²) in [4.78, 5) is 17.1. The molecule has 1 fully saturated rings. The Morgan fingerprint density at radius 3 is 2.81 bits per heavy atom. The van der Waals surface area contributed by atoms with Crippen molar-refractivity contribution >= 4 is 5.91 Å². The SMILES string of the molecule is CCC(N)c1nc(C(=O)NCC2(C)CCCC3(C)c4ccc(C(C)C)cc4CCC23)co1. The van der Waals surface area contributed by atoms with Crippen LogP contribution in [0.3, 0.4) is 0 Å². The van der Waals surface area contributed by atoms with Gasteiger partial charge < -0.3 is 15.5 Å². The van der Waals surface area contributed by atoms with Gasteiger partial charge in [0, 0.05) is 6.54 Å². The Bertz CT molecular complexity index is 981. The Balaban J connectivity index is 1.52. The molecule has 0 aliphatic heterocycles. The van der Waals surface area contributed by atoms with Gasteiger partial charge in [-0.1, -0.05) is 59.2 Å². The molecule has 4 unspecified atom stereocenters. The Hall–Kier alpha value is -2.14. The number of hydrogen-bond acceptors (Lipinski definition) is 4. The van der Waals surface area contributed by atoms with Crippen molar-refractivity contribution in [3.05, 3.63) is 52.7 Å². The van der Waals surface area contributed by atoms with Gasteiger partial charge in [-0.3, -0.25) is 4.79 Å². The third-order valence-corrected chi connectivity index (χ3v) is 8.33. The van der Waals surface area contributed by atoms with Crippen molar-refractivity contribution in [3.63, 3.8) is 0 Å². The van der Waals surface area contributed by atoms with Crippen molar-refractivity contribution < 1.29 is 9.21 Å². The molecule has 0 bridgehead atoms. The lowest BCUT2D eigenvalue weighted by molar-refractivity contribution is 0.0254.